The molecule has 1 amide bonds. The van der Waals surface area contributed by atoms with Crippen molar-refractivity contribution >= 4 is 21.8 Å². The van der Waals surface area contributed by atoms with Gasteiger partial charge in [-0.15, -0.1) is 0 Å². The largest absolute Gasteiger partial charge is 0.346 e. The van der Waals surface area contributed by atoms with Gasteiger partial charge in [0, 0.05) is 10.9 Å². The van der Waals surface area contributed by atoms with E-state index in [1.54, 1.807) is 24.3 Å². The van der Waals surface area contributed by atoms with Crippen LogP contribution in [0.1, 0.15) is 34.5 Å². The van der Waals surface area contributed by atoms with Crippen molar-refractivity contribution in [2.24, 2.45) is 0 Å². The van der Waals surface area contributed by atoms with Gasteiger partial charge in [0.1, 0.15) is 5.82 Å². The normalized spacial score (nSPS) is 11.9. The summed E-state index contributed by atoms with van der Waals surface area (Å²) in [4.78, 5) is 12.1. The summed E-state index contributed by atoms with van der Waals surface area (Å²) in [5.41, 5.74) is 2.45. The lowest BCUT2D eigenvalue weighted by Crippen LogP contribution is -2.26. The second-order valence-electron chi connectivity index (χ2n) is 4.58. The molecular formula is C16H15BrFNO. The highest BCUT2D eigenvalue weighted by atomic mass is 79.9. The minimum atomic E-state index is -0.301. The van der Waals surface area contributed by atoms with Crippen LogP contribution in [0.25, 0.3) is 0 Å². The number of hydrogen-bond donors (Lipinski definition) is 1. The van der Waals surface area contributed by atoms with Crippen molar-refractivity contribution in [2.75, 3.05) is 0 Å². The third-order valence-corrected chi connectivity index (χ3v) is 3.71. The van der Waals surface area contributed by atoms with Crippen molar-refractivity contribution < 1.29 is 9.18 Å². The van der Waals surface area contributed by atoms with Gasteiger partial charge in [-0.2, -0.15) is 0 Å². The van der Waals surface area contributed by atoms with E-state index in [0.717, 1.165) is 16.5 Å². The number of alkyl halides is 1. The van der Waals surface area contributed by atoms with Crippen molar-refractivity contribution in [1.29, 1.82) is 0 Å². The zero-order valence-corrected chi connectivity index (χ0v) is 12.7. The van der Waals surface area contributed by atoms with Crippen LogP contribution in [-0.4, -0.2) is 5.91 Å². The molecule has 2 aromatic carbocycles. The monoisotopic (exact) mass is 335 g/mol. The van der Waals surface area contributed by atoms with Crippen LogP contribution in [0.5, 0.6) is 0 Å². The Morgan fingerprint density at radius 2 is 1.95 bits per heavy atom. The molecule has 2 nitrogen and oxygen atoms in total. The van der Waals surface area contributed by atoms with Crippen LogP contribution < -0.4 is 5.32 Å². The Balaban J connectivity index is 2.06. The fourth-order valence-corrected chi connectivity index (χ4v) is 2.26. The highest BCUT2D eigenvalue weighted by Crippen LogP contribution is 2.15. The minimum absolute atomic E-state index is 0.164. The van der Waals surface area contributed by atoms with E-state index in [9.17, 15) is 9.18 Å². The second-order valence-corrected chi connectivity index (χ2v) is 5.14. The van der Waals surface area contributed by atoms with Crippen LogP contribution in [0, 0.1) is 5.82 Å². The van der Waals surface area contributed by atoms with E-state index in [-0.39, 0.29) is 17.8 Å². The van der Waals surface area contributed by atoms with Gasteiger partial charge in [0.25, 0.3) is 5.91 Å². The minimum Gasteiger partial charge on any atom is -0.346 e. The van der Waals surface area contributed by atoms with Gasteiger partial charge in [-0.1, -0.05) is 40.2 Å². The second kappa shape index (κ2) is 6.66. The quantitative estimate of drug-likeness (QED) is 0.833. The molecule has 2 rings (SSSR count). The summed E-state index contributed by atoms with van der Waals surface area (Å²) in [7, 11) is 0. The van der Waals surface area contributed by atoms with Crippen molar-refractivity contribution in [2.45, 2.75) is 18.3 Å². The Morgan fingerprint density at radius 1 is 1.25 bits per heavy atom. The maximum absolute atomic E-state index is 13.2. The number of hydrogen-bond acceptors (Lipinski definition) is 1. The van der Waals surface area contributed by atoms with Crippen LogP contribution >= 0.6 is 15.9 Å². The molecule has 0 aliphatic rings. The summed E-state index contributed by atoms with van der Waals surface area (Å²) in [5.74, 6) is -0.465. The fraction of sp³-hybridized carbons (Fsp3) is 0.188. The molecule has 0 saturated heterocycles. The molecule has 0 aliphatic heterocycles. The molecule has 1 atom stereocenters. The molecule has 0 bridgehead atoms. The van der Waals surface area contributed by atoms with E-state index in [0.29, 0.717) is 5.56 Å². The number of rotatable bonds is 4. The van der Waals surface area contributed by atoms with Crippen molar-refractivity contribution in [1.82, 2.24) is 5.32 Å². The standard InChI is InChI=1S/C16H15BrFNO/c1-11(14-3-2-4-15(18)9-14)19-16(20)13-7-5-12(10-17)6-8-13/h2-9,11H,10H2,1H3,(H,19,20)/t11-/m0/s1. The molecule has 104 valence electrons. The number of benzene rings is 2. The summed E-state index contributed by atoms with van der Waals surface area (Å²) in [6.07, 6.45) is 0. The molecule has 0 aromatic heterocycles. The zero-order valence-electron chi connectivity index (χ0n) is 11.1. The Morgan fingerprint density at radius 3 is 2.55 bits per heavy atom. The van der Waals surface area contributed by atoms with E-state index in [1.807, 2.05) is 19.1 Å². The molecule has 2 aromatic rings. The molecule has 0 radical (unpaired) electrons. The van der Waals surface area contributed by atoms with Crippen LogP contribution in [-0.2, 0) is 5.33 Å². The number of carbonyl (C=O) groups is 1. The van der Waals surface area contributed by atoms with Gasteiger partial charge < -0.3 is 5.32 Å². The van der Waals surface area contributed by atoms with E-state index in [2.05, 4.69) is 21.2 Å². The van der Waals surface area contributed by atoms with Crippen LogP contribution in [0.4, 0.5) is 4.39 Å². The van der Waals surface area contributed by atoms with Gasteiger partial charge in [-0.25, -0.2) is 4.39 Å². The van der Waals surface area contributed by atoms with Crippen molar-refractivity contribution in [3.05, 3.63) is 71.0 Å². The lowest BCUT2D eigenvalue weighted by atomic mass is 10.1. The third kappa shape index (κ3) is 3.67. The fourth-order valence-electron chi connectivity index (χ4n) is 1.88. The maximum atomic E-state index is 13.2. The molecule has 0 spiro atoms. The lowest BCUT2D eigenvalue weighted by molar-refractivity contribution is 0.0940. The van der Waals surface area contributed by atoms with Crippen molar-refractivity contribution in [3.63, 3.8) is 0 Å². The summed E-state index contributed by atoms with van der Waals surface area (Å²) in [6, 6.07) is 13.4. The molecular weight excluding hydrogens is 321 g/mol. The van der Waals surface area contributed by atoms with E-state index in [1.165, 1.54) is 12.1 Å². The van der Waals surface area contributed by atoms with Crippen LogP contribution in [0.2, 0.25) is 0 Å². The summed E-state index contributed by atoms with van der Waals surface area (Å²) < 4.78 is 13.2. The van der Waals surface area contributed by atoms with Gasteiger partial charge in [0.05, 0.1) is 6.04 Å². The number of carbonyl (C=O) groups excluding carboxylic acids is 1. The van der Waals surface area contributed by atoms with Gasteiger partial charge in [0.15, 0.2) is 0 Å². The first-order valence-electron chi connectivity index (χ1n) is 6.31. The predicted molar refractivity (Wildman–Crippen MR) is 81.4 cm³/mol. The average Bonchev–Trinajstić information content (AvgIpc) is 2.47. The highest BCUT2D eigenvalue weighted by molar-refractivity contribution is 9.08. The molecule has 0 heterocycles. The number of amides is 1. The van der Waals surface area contributed by atoms with Gasteiger partial charge in [-0.3, -0.25) is 4.79 Å². The van der Waals surface area contributed by atoms with Gasteiger partial charge in [-0.05, 0) is 42.3 Å². The Kier molecular flexibility index (Phi) is 4.90. The first kappa shape index (κ1) is 14.7. The summed E-state index contributed by atoms with van der Waals surface area (Å²) in [5, 5.41) is 3.62. The molecule has 4 heteroatoms. The van der Waals surface area contributed by atoms with E-state index in [4.69, 9.17) is 0 Å². The Hall–Kier alpha value is -1.68. The van der Waals surface area contributed by atoms with E-state index >= 15 is 0 Å². The Bertz CT molecular complexity index is 598. The molecule has 20 heavy (non-hydrogen) atoms. The first-order chi connectivity index (χ1) is 9.60. The SMILES string of the molecule is C[C@H](NC(=O)c1ccc(CBr)cc1)c1cccc(F)c1. The third-order valence-electron chi connectivity index (χ3n) is 3.07. The lowest BCUT2D eigenvalue weighted by Gasteiger charge is -2.14. The summed E-state index contributed by atoms with van der Waals surface area (Å²) in [6.45, 7) is 1.83. The smallest absolute Gasteiger partial charge is 0.251 e. The first-order valence-corrected chi connectivity index (χ1v) is 7.43. The molecule has 1 N–H and O–H groups in total. The topological polar surface area (TPSA) is 29.1 Å². The van der Waals surface area contributed by atoms with Crippen LogP contribution in [0.3, 0.4) is 0 Å². The van der Waals surface area contributed by atoms with Gasteiger partial charge in [0.2, 0.25) is 0 Å². The van der Waals surface area contributed by atoms with Crippen LogP contribution in [0.15, 0.2) is 48.5 Å². The number of nitrogens with one attached hydrogen (secondary N) is 1. The highest BCUT2D eigenvalue weighted by Gasteiger charge is 2.11. The summed E-state index contributed by atoms with van der Waals surface area (Å²) >= 11 is 3.36. The predicted octanol–water partition coefficient (Wildman–Crippen LogP) is 4.21. The average molecular weight is 336 g/mol. The van der Waals surface area contributed by atoms with E-state index < -0.39 is 0 Å². The Labute approximate surface area is 126 Å². The molecule has 0 unspecified atom stereocenters. The number of halogens is 2. The van der Waals surface area contributed by atoms with Crippen molar-refractivity contribution in [3.8, 4) is 0 Å². The zero-order chi connectivity index (χ0) is 14.5. The maximum Gasteiger partial charge on any atom is 0.251 e. The molecule has 0 fully saturated rings. The molecule has 0 saturated carbocycles. The van der Waals surface area contributed by atoms with Gasteiger partial charge >= 0.3 is 0 Å². The molecule has 0 aliphatic carbocycles.